The predicted molar refractivity (Wildman–Crippen MR) is 108 cm³/mol. The van der Waals surface area contributed by atoms with Crippen molar-refractivity contribution in [3.63, 3.8) is 0 Å². The Bertz CT molecular complexity index is 775. The van der Waals surface area contributed by atoms with E-state index in [9.17, 15) is 9.59 Å². The minimum Gasteiger partial charge on any atom is -0.338 e. The Morgan fingerprint density at radius 3 is 2.70 bits per heavy atom. The summed E-state index contributed by atoms with van der Waals surface area (Å²) in [7, 11) is 0. The molecule has 8 heteroatoms. The number of nitrogens with zero attached hydrogens (tertiary/aromatic N) is 3. The Hall–Kier alpha value is -2.35. The second-order valence-corrected chi connectivity index (χ2v) is 7.22. The van der Waals surface area contributed by atoms with Crippen molar-refractivity contribution in [2.45, 2.75) is 51.7 Å². The Morgan fingerprint density at radius 1 is 1.19 bits per heavy atom. The lowest BCUT2D eigenvalue weighted by atomic mass is 10.1. The number of hydrogen-bond acceptors (Lipinski definition) is 5. The molecule has 0 atom stereocenters. The van der Waals surface area contributed by atoms with Gasteiger partial charge >= 0.3 is 6.03 Å². The van der Waals surface area contributed by atoms with E-state index in [-0.39, 0.29) is 11.7 Å². The third-order valence-electron chi connectivity index (χ3n) is 3.84. The van der Waals surface area contributed by atoms with E-state index < -0.39 is 6.03 Å². The molecule has 0 saturated carbocycles. The third kappa shape index (κ3) is 6.39. The van der Waals surface area contributed by atoms with Gasteiger partial charge in [-0.05, 0) is 25.8 Å². The van der Waals surface area contributed by atoms with E-state index in [1.165, 1.54) is 11.8 Å². The van der Waals surface area contributed by atoms with Crippen LogP contribution in [0.15, 0.2) is 29.4 Å². The van der Waals surface area contributed by atoms with Crippen LogP contribution < -0.4 is 10.6 Å². The molecule has 2 aromatic rings. The predicted octanol–water partition coefficient (Wildman–Crippen LogP) is 3.38. The number of unbranched alkanes of at least 4 members (excludes halogenated alkanes) is 1. The van der Waals surface area contributed by atoms with Crippen molar-refractivity contribution in [2.75, 3.05) is 12.3 Å². The Balaban J connectivity index is 2.00. The fourth-order valence-electron chi connectivity index (χ4n) is 2.53. The van der Waals surface area contributed by atoms with Crippen LogP contribution >= 0.6 is 11.8 Å². The molecule has 1 aromatic heterocycles. The molecule has 27 heavy (non-hydrogen) atoms. The maximum atomic E-state index is 12.0. The van der Waals surface area contributed by atoms with Gasteiger partial charge in [-0.1, -0.05) is 55.8 Å². The molecule has 1 aromatic carbocycles. The summed E-state index contributed by atoms with van der Waals surface area (Å²) >= 11 is 1.28. The first-order valence-corrected chi connectivity index (χ1v) is 10.2. The summed E-state index contributed by atoms with van der Waals surface area (Å²) in [4.78, 5) is 23.6. The van der Waals surface area contributed by atoms with Gasteiger partial charge in [0.25, 0.3) is 0 Å². The van der Waals surface area contributed by atoms with Gasteiger partial charge in [-0.25, -0.2) is 4.79 Å². The van der Waals surface area contributed by atoms with Crippen molar-refractivity contribution in [1.29, 1.82) is 0 Å². The van der Waals surface area contributed by atoms with Crippen LogP contribution in [-0.2, 0) is 11.3 Å². The number of imide groups is 1. The number of thioether (sulfide) groups is 1. The summed E-state index contributed by atoms with van der Waals surface area (Å²) in [5.41, 5.74) is 2.16. The fourth-order valence-corrected chi connectivity index (χ4v) is 3.30. The zero-order valence-electron chi connectivity index (χ0n) is 16.1. The van der Waals surface area contributed by atoms with Crippen molar-refractivity contribution >= 4 is 23.7 Å². The number of rotatable bonds is 9. The summed E-state index contributed by atoms with van der Waals surface area (Å²) in [5, 5.41) is 14.2. The molecular formula is C19H27N5O2S. The molecule has 0 aliphatic rings. The lowest BCUT2D eigenvalue weighted by Gasteiger charge is -2.09. The van der Waals surface area contributed by atoms with Crippen molar-refractivity contribution in [2.24, 2.45) is 0 Å². The highest BCUT2D eigenvalue weighted by atomic mass is 32.2. The zero-order chi connectivity index (χ0) is 19.6. The molecule has 3 amide bonds. The minimum absolute atomic E-state index is 0.108. The fraction of sp³-hybridized carbons (Fsp3) is 0.474. The number of urea groups is 1. The number of aromatic nitrogens is 3. The molecule has 0 saturated heterocycles. The molecule has 2 N–H and O–H groups in total. The van der Waals surface area contributed by atoms with Crippen LogP contribution in [0, 0.1) is 6.92 Å². The van der Waals surface area contributed by atoms with E-state index in [2.05, 4.69) is 33.8 Å². The summed E-state index contributed by atoms with van der Waals surface area (Å²) in [6.45, 7) is 7.49. The molecule has 0 spiro atoms. The topological polar surface area (TPSA) is 88.9 Å². The van der Waals surface area contributed by atoms with Crippen molar-refractivity contribution in [3.05, 3.63) is 29.8 Å². The van der Waals surface area contributed by atoms with E-state index in [1.807, 2.05) is 36.6 Å². The number of benzene rings is 1. The van der Waals surface area contributed by atoms with Gasteiger partial charge in [-0.15, -0.1) is 10.2 Å². The molecule has 0 unspecified atom stereocenters. The first-order chi connectivity index (χ1) is 13.0. The molecule has 0 aliphatic heterocycles. The van der Waals surface area contributed by atoms with Gasteiger partial charge in [0.2, 0.25) is 5.91 Å². The SMILES string of the molecule is CCCCNC(=O)NC(=O)CSc1nnc(-c2cccc(C)c2)n1CCC. The Labute approximate surface area is 164 Å². The van der Waals surface area contributed by atoms with Crippen LogP contribution in [-0.4, -0.2) is 39.0 Å². The Kier molecular flexibility index (Phi) is 8.32. The quantitative estimate of drug-likeness (QED) is 0.507. The maximum Gasteiger partial charge on any atom is 0.321 e. The number of carbonyl (C=O) groups excluding carboxylic acids is 2. The molecule has 0 aliphatic carbocycles. The maximum absolute atomic E-state index is 12.0. The molecule has 0 fully saturated rings. The lowest BCUT2D eigenvalue weighted by Crippen LogP contribution is -2.40. The number of hydrogen-bond donors (Lipinski definition) is 2. The lowest BCUT2D eigenvalue weighted by molar-refractivity contribution is -0.117. The molecule has 1 heterocycles. The van der Waals surface area contributed by atoms with Gasteiger partial charge in [0.1, 0.15) is 0 Å². The van der Waals surface area contributed by atoms with Gasteiger partial charge in [-0.2, -0.15) is 0 Å². The number of carbonyl (C=O) groups is 2. The van der Waals surface area contributed by atoms with E-state index in [4.69, 9.17) is 0 Å². The largest absolute Gasteiger partial charge is 0.338 e. The standard InChI is InChI=1S/C19H27N5O2S/c1-4-6-10-20-18(26)21-16(25)13-27-19-23-22-17(24(19)11-5-2)15-9-7-8-14(3)12-15/h7-9,12H,4-6,10-11,13H2,1-3H3,(H2,20,21,25,26). The van der Waals surface area contributed by atoms with Crippen LogP contribution in [0.4, 0.5) is 4.79 Å². The minimum atomic E-state index is -0.454. The van der Waals surface area contributed by atoms with E-state index in [0.29, 0.717) is 11.7 Å². The van der Waals surface area contributed by atoms with Crippen LogP contribution in [0.3, 0.4) is 0 Å². The van der Waals surface area contributed by atoms with Crippen LogP contribution in [0.2, 0.25) is 0 Å². The van der Waals surface area contributed by atoms with Crippen molar-refractivity contribution in [1.82, 2.24) is 25.4 Å². The van der Waals surface area contributed by atoms with Crippen LogP contribution in [0.5, 0.6) is 0 Å². The normalized spacial score (nSPS) is 10.6. The second kappa shape index (κ2) is 10.7. The van der Waals surface area contributed by atoms with Crippen molar-refractivity contribution in [3.8, 4) is 11.4 Å². The second-order valence-electron chi connectivity index (χ2n) is 6.27. The first-order valence-electron chi connectivity index (χ1n) is 9.25. The monoisotopic (exact) mass is 389 g/mol. The molecule has 0 bridgehead atoms. The average Bonchev–Trinajstić information content (AvgIpc) is 3.03. The zero-order valence-corrected chi connectivity index (χ0v) is 16.9. The highest BCUT2D eigenvalue weighted by Gasteiger charge is 2.16. The summed E-state index contributed by atoms with van der Waals surface area (Å²) in [6.07, 6.45) is 2.80. The third-order valence-corrected chi connectivity index (χ3v) is 4.81. The molecular weight excluding hydrogens is 362 g/mol. The summed E-state index contributed by atoms with van der Waals surface area (Å²) in [5.74, 6) is 0.551. The van der Waals surface area contributed by atoms with Crippen LogP contribution in [0.1, 0.15) is 38.7 Å². The van der Waals surface area contributed by atoms with E-state index in [1.54, 1.807) is 0 Å². The van der Waals surface area contributed by atoms with Crippen molar-refractivity contribution < 1.29 is 9.59 Å². The molecule has 0 radical (unpaired) electrons. The van der Waals surface area contributed by atoms with E-state index >= 15 is 0 Å². The number of amides is 3. The van der Waals surface area contributed by atoms with Gasteiger partial charge in [0, 0.05) is 18.7 Å². The van der Waals surface area contributed by atoms with Gasteiger partial charge < -0.3 is 9.88 Å². The summed E-state index contributed by atoms with van der Waals surface area (Å²) in [6, 6.07) is 7.65. The number of aryl methyl sites for hydroxylation is 1. The highest BCUT2D eigenvalue weighted by Crippen LogP contribution is 2.24. The highest BCUT2D eigenvalue weighted by molar-refractivity contribution is 7.99. The average molecular weight is 390 g/mol. The summed E-state index contributed by atoms with van der Waals surface area (Å²) < 4.78 is 2.02. The molecule has 2 rings (SSSR count). The van der Waals surface area contributed by atoms with Gasteiger partial charge in [-0.3, -0.25) is 10.1 Å². The van der Waals surface area contributed by atoms with Gasteiger partial charge in [0.15, 0.2) is 11.0 Å². The van der Waals surface area contributed by atoms with Crippen LogP contribution in [0.25, 0.3) is 11.4 Å². The molecule has 7 nitrogen and oxygen atoms in total. The van der Waals surface area contributed by atoms with Gasteiger partial charge in [0.05, 0.1) is 5.75 Å². The molecule has 146 valence electrons. The Morgan fingerprint density at radius 2 is 2.00 bits per heavy atom. The smallest absolute Gasteiger partial charge is 0.321 e. The van der Waals surface area contributed by atoms with E-state index in [0.717, 1.165) is 42.8 Å². The first kappa shape index (κ1) is 21.0. The number of nitrogens with one attached hydrogen (secondary N) is 2.